The number of nitrogens with zero attached hydrogens (tertiary/aromatic N) is 4. The molecule has 1 aromatic carbocycles. The van der Waals surface area contributed by atoms with Crippen molar-refractivity contribution in [1.82, 2.24) is 15.3 Å². The van der Waals surface area contributed by atoms with Crippen molar-refractivity contribution in [2.24, 2.45) is 0 Å². The van der Waals surface area contributed by atoms with Crippen molar-refractivity contribution >= 4 is 32.3 Å². The minimum Gasteiger partial charge on any atom is -0.480 e. The van der Waals surface area contributed by atoms with Gasteiger partial charge in [-0.15, -0.1) is 0 Å². The summed E-state index contributed by atoms with van der Waals surface area (Å²) in [6.45, 7) is 5.80. The van der Waals surface area contributed by atoms with Gasteiger partial charge in [0.2, 0.25) is 15.9 Å². The molecule has 0 radical (unpaired) electrons. The Balaban J connectivity index is 1.86. The molecule has 1 saturated heterocycles. The largest absolute Gasteiger partial charge is 0.480 e. The smallest absolute Gasteiger partial charge is 0.238 e. The van der Waals surface area contributed by atoms with Crippen molar-refractivity contribution in [1.29, 1.82) is 5.26 Å². The average Bonchev–Trinajstić information content (AvgIpc) is 2.76. The molecule has 0 bridgehead atoms. The van der Waals surface area contributed by atoms with Crippen LogP contribution in [0.15, 0.2) is 36.7 Å². The van der Waals surface area contributed by atoms with Gasteiger partial charge >= 0.3 is 0 Å². The standard InChI is InChI=1S/C23H26N6O3S/c1-14-12-29(13-15(2)27-14)22-18(9-24)11-25-20-6-5-16(7-19(20)22)17-8-21(28-33(4,30)31)23(32-3)26-10-17/h5-8,10-11,14-15,27-28H,12-13H2,1-4H3/t14-,15+. The molecule has 1 aliphatic heterocycles. The van der Waals surface area contributed by atoms with Gasteiger partial charge in [-0.25, -0.2) is 13.4 Å². The van der Waals surface area contributed by atoms with Crippen LogP contribution >= 0.6 is 0 Å². The number of benzene rings is 1. The number of nitriles is 1. The van der Waals surface area contributed by atoms with Gasteiger partial charge < -0.3 is 15.0 Å². The van der Waals surface area contributed by atoms with Gasteiger partial charge in [0.15, 0.2) is 0 Å². The summed E-state index contributed by atoms with van der Waals surface area (Å²) in [7, 11) is -2.08. The van der Waals surface area contributed by atoms with Crippen LogP contribution in [0.2, 0.25) is 0 Å². The second-order valence-electron chi connectivity index (χ2n) is 8.39. The van der Waals surface area contributed by atoms with Gasteiger partial charge in [0.25, 0.3) is 0 Å². The Kier molecular flexibility index (Phi) is 6.10. The average molecular weight is 467 g/mol. The van der Waals surface area contributed by atoms with E-state index in [1.54, 1.807) is 18.5 Å². The van der Waals surface area contributed by atoms with Crippen molar-refractivity contribution < 1.29 is 13.2 Å². The third kappa shape index (κ3) is 4.84. The highest BCUT2D eigenvalue weighted by Gasteiger charge is 2.25. The first-order valence-electron chi connectivity index (χ1n) is 10.5. The molecule has 0 spiro atoms. The Bertz CT molecular complexity index is 1340. The summed E-state index contributed by atoms with van der Waals surface area (Å²) < 4.78 is 31.2. The Morgan fingerprint density at radius 3 is 2.52 bits per heavy atom. The van der Waals surface area contributed by atoms with Crippen LogP contribution in [0.3, 0.4) is 0 Å². The van der Waals surface area contributed by atoms with E-state index in [4.69, 9.17) is 4.74 Å². The van der Waals surface area contributed by atoms with E-state index in [0.29, 0.717) is 11.1 Å². The fourth-order valence-corrected chi connectivity index (χ4v) is 4.88. The summed E-state index contributed by atoms with van der Waals surface area (Å²) >= 11 is 0. The van der Waals surface area contributed by atoms with Gasteiger partial charge in [-0.3, -0.25) is 9.71 Å². The number of fused-ring (bicyclic) bond motifs is 1. The maximum absolute atomic E-state index is 11.8. The number of pyridine rings is 2. The lowest BCUT2D eigenvalue weighted by molar-refractivity contribution is 0.400. The zero-order chi connectivity index (χ0) is 23.8. The molecular formula is C23H26N6O3S. The highest BCUT2D eigenvalue weighted by molar-refractivity contribution is 7.92. The molecule has 9 nitrogen and oxygen atoms in total. The number of anilines is 2. The predicted octanol–water partition coefficient (Wildman–Crippen LogP) is 2.74. The molecule has 3 heterocycles. The summed E-state index contributed by atoms with van der Waals surface area (Å²) in [5, 5.41) is 14.2. The molecule has 0 saturated carbocycles. The van der Waals surface area contributed by atoms with Gasteiger partial charge in [-0.05, 0) is 37.6 Å². The van der Waals surface area contributed by atoms with Crippen molar-refractivity contribution in [2.45, 2.75) is 25.9 Å². The van der Waals surface area contributed by atoms with Crippen LogP contribution in [0, 0.1) is 11.3 Å². The fraction of sp³-hybridized carbons (Fsp3) is 0.348. The number of rotatable bonds is 5. The minimum absolute atomic E-state index is 0.183. The Morgan fingerprint density at radius 2 is 1.88 bits per heavy atom. The lowest BCUT2D eigenvalue weighted by atomic mass is 10.0. The quantitative estimate of drug-likeness (QED) is 0.589. The van der Waals surface area contributed by atoms with Crippen molar-refractivity contribution in [2.75, 3.05) is 36.1 Å². The number of aromatic nitrogens is 2. The Labute approximate surface area is 193 Å². The van der Waals surface area contributed by atoms with Crippen molar-refractivity contribution in [3.05, 3.63) is 42.2 Å². The molecule has 1 fully saturated rings. The zero-order valence-electron chi connectivity index (χ0n) is 19.0. The van der Waals surface area contributed by atoms with Gasteiger partial charge in [-0.1, -0.05) is 6.07 Å². The zero-order valence-corrected chi connectivity index (χ0v) is 19.8. The molecule has 0 aliphatic carbocycles. The topological polar surface area (TPSA) is 120 Å². The Hall–Kier alpha value is -3.42. The second kappa shape index (κ2) is 8.84. The first-order valence-corrected chi connectivity index (χ1v) is 12.4. The molecule has 4 rings (SSSR count). The van der Waals surface area contributed by atoms with Crippen molar-refractivity contribution in [3.63, 3.8) is 0 Å². The number of ether oxygens (including phenoxy) is 1. The molecule has 0 amide bonds. The first-order chi connectivity index (χ1) is 15.7. The maximum atomic E-state index is 11.8. The number of methoxy groups -OCH3 is 1. The number of hydrogen-bond donors (Lipinski definition) is 2. The third-order valence-corrected chi connectivity index (χ3v) is 6.10. The molecule has 10 heteroatoms. The molecule has 2 N–H and O–H groups in total. The van der Waals surface area contributed by atoms with Crippen LogP contribution in [0.1, 0.15) is 19.4 Å². The molecular weight excluding hydrogens is 440 g/mol. The fourth-order valence-electron chi connectivity index (χ4n) is 4.34. The molecule has 33 heavy (non-hydrogen) atoms. The van der Waals surface area contributed by atoms with Crippen LogP contribution in [0.5, 0.6) is 5.88 Å². The summed E-state index contributed by atoms with van der Waals surface area (Å²) in [6.07, 6.45) is 4.33. The van der Waals surface area contributed by atoms with E-state index in [-0.39, 0.29) is 23.7 Å². The van der Waals surface area contributed by atoms with E-state index in [1.165, 1.54) is 7.11 Å². The number of sulfonamides is 1. The molecule has 2 atom stereocenters. The van der Waals surface area contributed by atoms with Gasteiger partial charge in [0.1, 0.15) is 11.8 Å². The molecule has 172 valence electrons. The SMILES string of the molecule is COc1ncc(-c2ccc3ncc(C#N)c(N4C[C@@H](C)N[C@@H](C)C4)c3c2)cc1NS(C)(=O)=O. The van der Waals surface area contributed by atoms with E-state index in [2.05, 4.69) is 44.8 Å². The molecule has 1 aliphatic rings. The number of hydrogen-bond acceptors (Lipinski definition) is 8. The highest BCUT2D eigenvalue weighted by Crippen LogP contribution is 2.35. The van der Waals surface area contributed by atoms with E-state index in [1.807, 2.05) is 18.2 Å². The van der Waals surface area contributed by atoms with Gasteiger partial charge in [-0.2, -0.15) is 5.26 Å². The maximum Gasteiger partial charge on any atom is 0.238 e. The highest BCUT2D eigenvalue weighted by atomic mass is 32.2. The summed E-state index contributed by atoms with van der Waals surface area (Å²) in [6, 6.07) is 10.3. The summed E-state index contributed by atoms with van der Waals surface area (Å²) in [4.78, 5) is 11.0. The van der Waals surface area contributed by atoms with E-state index in [9.17, 15) is 13.7 Å². The Morgan fingerprint density at radius 1 is 1.15 bits per heavy atom. The number of nitrogens with one attached hydrogen (secondary N) is 2. The van der Waals surface area contributed by atoms with E-state index < -0.39 is 10.0 Å². The van der Waals surface area contributed by atoms with Crippen LogP contribution in [-0.4, -0.2) is 56.9 Å². The van der Waals surface area contributed by atoms with Gasteiger partial charge in [0, 0.05) is 48.5 Å². The van der Waals surface area contributed by atoms with Crippen LogP contribution in [0.4, 0.5) is 11.4 Å². The summed E-state index contributed by atoms with van der Waals surface area (Å²) in [5.74, 6) is 0.183. The number of piperazine rings is 1. The van der Waals surface area contributed by atoms with Crippen LogP contribution in [0.25, 0.3) is 22.0 Å². The van der Waals surface area contributed by atoms with Crippen LogP contribution in [-0.2, 0) is 10.0 Å². The minimum atomic E-state index is -3.51. The van der Waals surface area contributed by atoms with Gasteiger partial charge in [0.05, 0.1) is 30.1 Å². The third-order valence-electron chi connectivity index (χ3n) is 5.51. The normalized spacial score (nSPS) is 18.7. The second-order valence-corrected chi connectivity index (χ2v) is 10.1. The molecule has 3 aromatic rings. The lowest BCUT2D eigenvalue weighted by Gasteiger charge is -2.38. The summed E-state index contributed by atoms with van der Waals surface area (Å²) in [5.41, 5.74) is 3.95. The lowest BCUT2D eigenvalue weighted by Crippen LogP contribution is -2.54. The van der Waals surface area contributed by atoms with E-state index in [0.717, 1.165) is 41.5 Å². The predicted molar refractivity (Wildman–Crippen MR) is 129 cm³/mol. The molecule has 0 unspecified atom stereocenters. The van der Waals surface area contributed by atoms with E-state index >= 15 is 0 Å². The first kappa shape index (κ1) is 22.8. The monoisotopic (exact) mass is 466 g/mol. The molecule has 2 aromatic heterocycles. The van der Waals surface area contributed by atoms with Crippen LogP contribution < -0.4 is 19.7 Å². The van der Waals surface area contributed by atoms with Crippen molar-refractivity contribution in [3.8, 4) is 23.1 Å².